The van der Waals surface area contributed by atoms with Gasteiger partial charge in [-0.1, -0.05) is 35.5 Å². The molecule has 1 aliphatic heterocycles. The zero-order chi connectivity index (χ0) is 23.0. The maximum absolute atomic E-state index is 13.9. The standard InChI is InChI=1S/C24H25FN4O4/c25-21-4-2-1-3-19(21)15-29-13-11-18(12-14-29)24-26-23(33-28-24)16-32-20-8-5-17(6-9-20)7-10-22(30)27-31/h1-10,18,31H,11-16H2,(H,27,30)/b10-7+. The largest absolute Gasteiger partial charge is 0.484 e. The summed E-state index contributed by atoms with van der Waals surface area (Å²) in [7, 11) is 0. The Kier molecular flexibility index (Phi) is 7.43. The van der Waals surface area contributed by atoms with Crippen LogP contribution in [0.15, 0.2) is 59.1 Å². The average molecular weight is 452 g/mol. The maximum atomic E-state index is 13.9. The molecule has 2 aromatic carbocycles. The number of hydroxylamine groups is 1. The van der Waals surface area contributed by atoms with E-state index < -0.39 is 5.91 Å². The van der Waals surface area contributed by atoms with Gasteiger partial charge in [0.1, 0.15) is 11.6 Å². The van der Waals surface area contributed by atoms with Crippen LogP contribution in [-0.4, -0.2) is 39.2 Å². The van der Waals surface area contributed by atoms with E-state index in [1.807, 2.05) is 12.1 Å². The number of carbonyl (C=O) groups is 1. The summed E-state index contributed by atoms with van der Waals surface area (Å²) in [4.78, 5) is 17.7. The van der Waals surface area contributed by atoms with Crippen LogP contribution < -0.4 is 10.2 Å². The molecular weight excluding hydrogens is 427 g/mol. The number of halogens is 1. The molecule has 1 fully saturated rings. The van der Waals surface area contributed by atoms with E-state index in [-0.39, 0.29) is 18.3 Å². The van der Waals surface area contributed by atoms with Crippen LogP contribution in [0.4, 0.5) is 4.39 Å². The van der Waals surface area contributed by atoms with Crippen LogP contribution in [0.3, 0.4) is 0 Å². The number of piperidine rings is 1. The molecule has 0 unspecified atom stereocenters. The topological polar surface area (TPSA) is 101 Å². The Bertz CT molecular complexity index is 1090. The number of amides is 1. The predicted molar refractivity (Wildman–Crippen MR) is 118 cm³/mol. The second-order valence-electron chi connectivity index (χ2n) is 7.86. The highest BCUT2D eigenvalue weighted by Crippen LogP contribution is 2.27. The van der Waals surface area contributed by atoms with Gasteiger partial charge in [0.05, 0.1) is 0 Å². The summed E-state index contributed by atoms with van der Waals surface area (Å²) in [5.74, 6) is 1.16. The molecule has 1 amide bonds. The minimum Gasteiger partial charge on any atom is -0.484 e. The van der Waals surface area contributed by atoms with E-state index in [9.17, 15) is 9.18 Å². The lowest BCUT2D eigenvalue weighted by molar-refractivity contribution is -0.124. The number of rotatable bonds is 8. The van der Waals surface area contributed by atoms with Crippen LogP contribution in [0.5, 0.6) is 5.75 Å². The summed E-state index contributed by atoms with van der Waals surface area (Å²) in [5.41, 5.74) is 3.04. The lowest BCUT2D eigenvalue weighted by Crippen LogP contribution is -2.33. The van der Waals surface area contributed by atoms with E-state index in [4.69, 9.17) is 14.5 Å². The Labute approximate surface area is 190 Å². The first-order valence-electron chi connectivity index (χ1n) is 10.7. The molecule has 1 aromatic heterocycles. The molecule has 8 nitrogen and oxygen atoms in total. The average Bonchev–Trinajstić information content (AvgIpc) is 3.33. The van der Waals surface area contributed by atoms with Gasteiger partial charge in [0, 0.05) is 24.1 Å². The summed E-state index contributed by atoms with van der Waals surface area (Å²) >= 11 is 0. The van der Waals surface area contributed by atoms with Gasteiger partial charge >= 0.3 is 0 Å². The van der Waals surface area contributed by atoms with Gasteiger partial charge in [0.25, 0.3) is 11.8 Å². The summed E-state index contributed by atoms with van der Waals surface area (Å²) in [6.45, 7) is 2.45. The fourth-order valence-corrected chi connectivity index (χ4v) is 3.74. The van der Waals surface area contributed by atoms with E-state index >= 15 is 0 Å². The smallest absolute Gasteiger partial charge is 0.267 e. The highest BCUT2D eigenvalue weighted by Gasteiger charge is 2.25. The Balaban J connectivity index is 1.24. The van der Waals surface area contributed by atoms with Crippen molar-refractivity contribution in [3.63, 3.8) is 0 Å². The van der Waals surface area contributed by atoms with Gasteiger partial charge in [-0.25, -0.2) is 9.87 Å². The van der Waals surface area contributed by atoms with Crippen molar-refractivity contribution in [3.05, 3.63) is 83.3 Å². The van der Waals surface area contributed by atoms with Crippen molar-refractivity contribution < 1.29 is 23.7 Å². The normalized spacial score (nSPS) is 15.1. The van der Waals surface area contributed by atoms with Crippen molar-refractivity contribution in [2.24, 2.45) is 0 Å². The number of nitrogens with zero attached hydrogens (tertiary/aromatic N) is 3. The number of ether oxygens (including phenoxy) is 1. The molecule has 2 N–H and O–H groups in total. The van der Waals surface area contributed by atoms with Gasteiger partial charge in [-0.3, -0.25) is 14.9 Å². The molecule has 172 valence electrons. The van der Waals surface area contributed by atoms with E-state index in [1.165, 1.54) is 17.6 Å². The molecule has 0 radical (unpaired) electrons. The van der Waals surface area contributed by atoms with Gasteiger partial charge in [-0.15, -0.1) is 0 Å². The molecule has 9 heteroatoms. The molecule has 1 saturated heterocycles. The summed E-state index contributed by atoms with van der Waals surface area (Å²) in [6, 6.07) is 14.0. The van der Waals surface area contributed by atoms with E-state index in [0.29, 0.717) is 24.0 Å². The minimum absolute atomic E-state index is 0.154. The van der Waals surface area contributed by atoms with E-state index in [1.54, 1.807) is 36.4 Å². The number of benzene rings is 2. The van der Waals surface area contributed by atoms with Crippen LogP contribution in [-0.2, 0) is 17.9 Å². The first-order chi connectivity index (χ1) is 16.1. The van der Waals surface area contributed by atoms with Crippen molar-refractivity contribution in [1.82, 2.24) is 20.5 Å². The molecule has 2 heterocycles. The van der Waals surface area contributed by atoms with Gasteiger partial charge in [-0.05, 0) is 55.8 Å². The fraction of sp³-hybridized carbons (Fsp3) is 0.292. The van der Waals surface area contributed by atoms with Gasteiger partial charge < -0.3 is 9.26 Å². The molecule has 0 bridgehead atoms. The second-order valence-corrected chi connectivity index (χ2v) is 7.86. The molecule has 1 aliphatic rings. The lowest BCUT2D eigenvalue weighted by atomic mass is 9.96. The Morgan fingerprint density at radius 1 is 1.21 bits per heavy atom. The summed E-state index contributed by atoms with van der Waals surface area (Å²) in [5, 5.41) is 12.6. The Hall–Kier alpha value is -3.56. The van der Waals surface area contributed by atoms with E-state index in [2.05, 4.69) is 15.0 Å². The number of nitrogens with one attached hydrogen (secondary N) is 1. The first-order valence-corrected chi connectivity index (χ1v) is 10.7. The van der Waals surface area contributed by atoms with Crippen LogP contribution in [0.25, 0.3) is 6.08 Å². The van der Waals surface area contributed by atoms with Crippen molar-refractivity contribution >= 4 is 12.0 Å². The summed E-state index contributed by atoms with van der Waals surface area (Å²) in [6.07, 6.45) is 4.57. The Morgan fingerprint density at radius 2 is 1.97 bits per heavy atom. The van der Waals surface area contributed by atoms with Crippen molar-refractivity contribution in [2.75, 3.05) is 13.1 Å². The lowest BCUT2D eigenvalue weighted by Gasteiger charge is -2.30. The van der Waals surface area contributed by atoms with Crippen molar-refractivity contribution in [2.45, 2.75) is 31.9 Å². The second kappa shape index (κ2) is 10.8. The molecular formula is C24H25FN4O4. The third kappa shape index (κ3) is 6.24. The first kappa shape index (κ1) is 22.6. The van der Waals surface area contributed by atoms with Crippen molar-refractivity contribution in [1.29, 1.82) is 0 Å². The number of hydrogen-bond donors (Lipinski definition) is 2. The highest BCUT2D eigenvalue weighted by molar-refractivity contribution is 5.90. The van der Waals surface area contributed by atoms with Gasteiger partial charge in [0.2, 0.25) is 0 Å². The zero-order valence-electron chi connectivity index (χ0n) is 18.0. The minimum atomic E-state index is -0.599. The third-order valence-electron chi connectivity index (χ3n) is 5.57. The summed E-state index contributed by atoms with van der Waals surface area (Å²) < 4.78 is 24.9. The predicted octanol–water partition coefficient (Wildman–Crippen LogP) is 3.69. The van der Waals surface area contributed by atoms with Crippen molar-refractivity contribution in [3.8, 4) is 5.75 Å². The number of aromatic nitrogens is 2. The number of carbonyl (C=O) groups excluding carboxylic acids is 1. The number of likely N-dealkylation sites (tertiary alicyclic amines) is 1. The monoisotopic (exact) mass is 452 g/mol. The fourth-order valence-electron chi connectivity index (χ4n) is 3.74. The highest BCUT2D eigenvalue weighted by atomic mass is 19.1. The van der Waals surface area contributed by atoms with Crippen LogP contribution in [0.2, 0.25) is 0 Å². The molecule has 3 aromatic rings. The van der Waals surface area contributed by atoms with Gasteiger partial charge in [-0.2, -0.15) is 4.98 Å². The third-order valence-corrected chi connectivity index (χ3v) is 5.57. The van der Waals surface area contributed by atoms with Crippen LogP contribution >= 0.6 is 0 Å². The maximum Gasteiger partial charge on any atom is 0.267 e. The molecule has 0 spiro atoms. The molecule has 4 rings (SSSR count). The van der Waals surface area contributed by atoms with E-state index in [0.717, 1.165) is 37.1 Å². The molecule has 33 heavy (non-hydrogen) atoms. The SMILES string of the molecule is O=C(/C=C/c1ccc(OCc2nc(C3CCN(Cc4ccccc4F)CC3)no2)cc1)NO. The quantitative estimate of drug-likeness (QED) is 0.305. The van der Waals surface area contributed by atoms with Crippen LogP contribution in [0.1, 0.15) is 41.6 Å². The van der Waals surface area contributed by atoms with Gasteiger partial charge in [0.15, 0.2) is 12.4 Å². The molecule has 0 saturated carbocycles. The Morgan fingerprint density at radius 3 is 2.70 bits per heavy atom. The molecule has 0 aliphatic carbocycles. The number of hydrogen-bond acceptors (Lipinski definition) is 7. The van der Waals surface area contributed by atoms with Crippen LogP contribution in [0, 0.1) is 5.82 Å². The zero-order valence-corrected chi connectivity index (χ0v) is 18.0. The molecule has 0 atom stereocenters.